The minimum Gasteiger partial charge on any atom is -0.481 e. The molecule has 1 rings (SSSR count). The van der Waals surface area contributed by atoms with Gasteiger partial charge in [0.2, 0.25) is 0 Å². The number of rotatable bonds is 3. The Bertz CT molecular complexity index is 325. The van der Waals surface area contributed by atoms with E-state index >= 15 is 0 Å². The summed E-state index contributed by atoms with van der Waals surface area (Å²) in [7, 11) is 0. The van der Waals surface area contributed by atoms with E-state index in [4.69, 9.17) is 16.7 Å². The van der Waals surface area contributed by atoms with Crippen LogP contribution in [-0.2, 0) is 11.2 Å². The Morgan fingerprint density at radius 2 is 2.31 bits per heavy atom. The molecule has 0 aliphatic heterocycles. The van der Waals surface area contributed by atoms with Crippen LogP contribution in [0.4, 0.5) is 0 Å². The minimum absolute atomic E-state index is 0.0206. The molecule has 0 aromatic heterocycles. The third-order valence-corrected chi connectivity index (χ3v) is 2.69. The molecule has 0 bridgehead atoms. The molecular weight excluding hydrogens is 208 g/mol. The van der Waals surface area contributed by atoms with Gasteiger partial charge in [-0.2, -0.15) is 0 Å². The van der Waals surface area contributed by atoms with Crippen LogP contribution in [0.25, 0.3) is 0 Å². The molecule has 0 fully saturated rings. The van der Waals surface area contributed by atoms with E-state index in [1.807, 2.05) is 12.3 Å². The summed E-state index contributed by atoms with van der Waals surface area (Å²) in [5.74, 6) is -0.861. The van der Waals surface area contributed by atoms with Crippen molar-refractivity contribution >= 4 is 29.3 Å². The predicted octanol–water partition coefficient (Wildman–Crippen LogP) is 2.69. The zero-order chi connectivity index (χ0) is 9.84. The van der Waals surface area contributed by atoms with Crippen molar-refractivity contribution in [2.45, 2.75) is 11.3 Å². The van der Waals surface area contributed by atoms with E-state index in [-0.39, 0.29) is 6.42 Å². The van der Waals surface area contributed by atoms with Gasteiger partial charge in [-0.25, -0.2) is 0 Å². The molecule has 2 nitrogen and oxygen atoms in total. The maximum Gasteiger partial charge on any atom is 0.307 e. The topological polar surface area (TPSA) is 37.3 Å². The molecule has 0 aliphatic rings. The van der Waals surface area contributed by atoms with Gasteiger partial charge in [0.25, 0.3) is 0 Å². The van der Waals surface area contributed by atoms with Crippen LogP contribution < -0.4 is 0 Å². The van der Waals surface area contributed by atoms with Crippen LogP contribution in [0.3, 0.4) is 0 Å². The van der Waals surface area contributed by atoms with Crippen LogP contribution >= 0.6 is 23.4 Å². The first kappa shape index (κ1) is 10.4. The number of thioether (sulfide) groups is 1. The van der Waals surface area contributed by atoms with Crippen LogP contribution in [0.5, 0.6) is 0 Å². The van der Waals surface area contributed by atoms with Gasteiger partial charge in [0, 0.05) is 9.92 Å². The molecule has 0 saturated heterocycles. The van der Waals surface area contributed by atoms with Crippen molar-refractivity contribution in [3.8, 4) is 0 Å². The normalized spacial score (nSPS) is 10.0. The molecule has 0 radical (unpaired) electrons. The summed E-state index contributed by atoms with van der Waals surface area (Å²) in [6, 6.07) is 5.41. The van der Waals surface area contributed by atoms with E-state index in [1.165, 1.54) is 0 Å². The average molecular weight is 217 g/mol. The standard InChI is InChI=1S/C9H9ClO2S/c1-13-7-2-3-8(10)6(4-7)5-9(11)12/h2-4H,5H2,1H3,(H,11,12). The highest BCUT2D eigenvalue weighted by Gasteiger charge is 2.05. The van der Waals surface area contributed by atoms with Crippen LogP contribution in [0.15, 0.2) is 23.1 Å². The highest BCUT2D eigenvalue weighted by molar-refractivity contribution is 7.98. The zero-order valence-corrected chi connectivity index (χ0v) is 8.65. The van der Waals surface area contributed by atoms with Gasteiger partial charge in [-0.15, -0.1) is 11.8 Å². The van der Waals surface area contributed by atoms with Gasteiger partial charge in [0.1, 0.15) is 0 Å². The highest BCUT2D eigenvalue weighted by atomic mass is 35.5. The van der Waals surface area contributed by atoms with Gasteiger partial charge < -0.3 is 5.11 Å². The second kappa shape index (κ2) is 4.53. The molecule has 1 aromatic carbocycles. The minimum atomic E-state index is -0.861. The van der Waals surface area contributed by atoms with Crippen LogP contribution in [0.1, 0.15) is 5.56 Å². The first-order valence-electron chi connectivity index (χ1n) is 3.67. The Hall–Kier alpha value is -0.670. The summed E-state index contributed by atoms with van der Waals surface area (Å²) in [6.45, 7) is 0. The fourth-order valence-electron chi connectivity index (χ4n) is 0.976. The maximum absolute atomic E-state index is 10.5. The van der Waals surface area contributed by atoms with Gasteiger partial charge in [0.05, 0.1) is 6.42 Å². The molecular formula is C9H9ClO2S. The van der Waals surface area contributed by atoms with Crippen molar-refractivity contribution in [1.82, 2.24) is 0 Å². The Balaban J connectivity index is 2.96. The Morgan fingerprint density at radius 1 is 1.62 bits per heavy atom. The summed E-state index contributed by atoms with van der Waals surface area (Å²) in [5.41, 5.74) is 0.668. The molecule has 0 unspecified atom stereocenters. The van der Waals surface area contributed by atoms with E-state index in [0.717, 1.165) is 4.90 Å². The molecule has 13 heavy (non-hydrogen) atoms. The number of carboxylic acid groups (broad SMARTS) is 1. The smallest absolute Gasteiger partial charge is 0.307 e. The third-order valence-electron chi connectivity index (χ3n) is 1.59. The Morgan fingerprint density at radius 3 is 2.85 bits per heavy atom. The second-order valence-corrected chi connectivity index (χ2v) is 3.81. The number of aliphatic carboxylic acids is 1. The summed E-state index contributed by atoms with van der Waals surface area (Å²) in [6.07, 6.45) is 1.92. The number of carboxylic acids is 1. The van der Waals surface area contributed by atoms with Crippen molar-refractivity contribution in [2.75, 3.05) is 6.26 Å². The highest BCUT2D eigenvalue weighted by Crippen LogP contribution is 2.23. The quantitative estimate of drug-likeness (QED) is 0.790. The SMILES string of the molecule is CSc1ccc(Cl)c(CC(=O)O)c1. The van der Waals surface area contributed by atoms with Crippen LogP contribution in [-0.4, -0.2) is 17.3 Å². The number of hydrogen-bond donors (Lipinski definition) is 1. The lowest BCUT2D eigenvalue weighted by Gasteiger charge is -2.03. The van der Waals surface area contributed by atoms with Gasteiger partial charge >= 0.3 is 5.97 Å². The summed E-state index contributed by atoms with van der Waals surface area (Å²) in [5, 5.41) is 9.10. The predicted molar refractivity (Wildman–Crippen MR) is 54.6 cm³/mol. The molecule has 0 aliphatic carbocycles. The molecule has 4 heteroatoms. The monoisotopic (exact) mass is 216 g/mol. The Kier molecular flexibility index (Phi) is 3.63. The van der Waals surface area contributed by atoms with E-state index in [1.54, 1.807) is 23.9 Å². The lowest BCUT2D eigenvalue weighted by molar-refractivity contribution is -0.136. The van der Waals surface area contributed by atoms with Crippen LogP contribution in [0, 0.1) is 0 Å². The van der Waals surface area contributed by atoms with Crippen molar-refractivity contribution in [1.29, 1.82) is 0 Å². The first-order valence-corrected chi connectivity index (χ1v) is 5.28. The van der Waals surface area contributed by atoms with E-state index < -0.39 is 5.97 Å². The van der Waals surface area contributed by atoms with Crippen molar-refractivity contribution in [3.63, 3.8) is 0 Å². The van der Waals surface area contributed by atoms with Gasteiger partial charge in [0.15, 0.2) is 0 Å². The second-order valence-electron chi connectivity index (χ2n) is 2.53. The lowest BCUT2D eigenvalue weighted by atomic mass is 10.1. The number of carbonyl (C=O) groups is 1. The van der Waals surface area contributed by atoms with E-state index in [0.29, 0.717) is 10.6 Å². The molecule has 0 spiro atoms. The molecule has 70 valence electrons. The van der Waals surface area contributed by atoms with Crippen molar-refractivity contribution < 1.29 is 9.90 Å². The number of hydrogen-bond acceptors (Lipinski definition) is 2. The molecule has 1 aromatic rings. The Labute approximate surface area is 85.9 Å². The molecule has 0 atom stereocenters. The summed E-state index contributed by atoms with van der Waals surface area (Å²) >= 11 is 7.39. The van der Waals surface area contributed by atoms with Crippen molar-refractivity contribution in [3.05, 3.63) is 28.8 Å². The van der Waals surface area contributed by atoms with Gasteiger partial charge in [-0.3, -0.25) is 4.79 Å². The third kappa shape index (κ3) is 2.94. The molecule has 0 amide bonds. The molecule has 1 N–H and O–H groups in total. The largest absolute Gasteiger partial charge is 0.481 e. The summed E-state index contributed by atoms with van der Waals surface area (Å²) < 4.78 is 0. The summed E-state index contributed by atoms with van der Waals surface area (Å²) in [4.78, 5) is 11.5. The van der Waals surface area contributed by atoms with E-state index in [2.05, 4.69) is 0 Å². The lowest BCUT2D eigenvalue weighted by Crippen LogP contribution is -2.00. The number of benzene rings is 1. The number of halogens is 1. The van der Waals surface area contributed by atoms with E-state index in [9.17, 15) is 4.79 Å². The average Bonchev–Trinajstić information content (AvgIpc) is 2.08. The maximum atomic E-state index is 10.5. The molecule has 0 saturated carbocycles. The zero-order valence-electron chi connectivity index (χ0n) is 7.08. The fraction of sp³-hybridized carbons (Fsp3) is 0.222. The van der Waals surface area contributed by atoms with Crippen molar-refractivity contribution in [2.24, 2.45) is 0 Å². The fourth-order valence-corrected chi connectivity index (χ4v) is 1.63. The van der Waals surface area contributed by atoms with Crippen LogP contribution in [0.2, 0.25) is 5.02 Å². The van der Waals surface area contributed by atoms with Gasteiger partial charge in [-0.1, -0.05) is 11.6 Å². The molecule has 0 heterocycles. The first-order chi connectivity index (χ1) is 6.13. The van der Waals surface area contributed by atoms with Gasteiger partial charge in [-0.05, 0) is 30.0 Å².